The molecule has 8 heteroatoms. The Hall–Kier alpha value is -3.70. The SMILES string of the molecule is COc1cc(/C=C/C(=O)Nc2nnc(-c3ccccc3)s2)ccc1OCC#N. The lowest BCUT2D eigenvalue weighted by Crippen LogP contribution is -2.07. The van der Waals surface area contributed by atoms with Crippen LogP contribution in [-0.4, -0.2) is 29.8 Å². The molecule has 28 heavy (non-hydrogen) atoms. The molecule has 1 amide bonds. The highest BCUT2D eigenvalue weighted by atomic mass is 32.1. The standard InChI is InChI=1S/C20H16N4O3S/c1-26-17-13-14(7-9-16(17)27-12-11-21)8-10-18(25)22-20-24-23-19(28-20)15-5-3-2-4-6-15/h2-10,13H,12H2,1H3,(H,22,24,25)/b10-8+. The minimum atomic E-state index is -0.320. The van der Waals surface area contributed by atoms with Gasteiger partial charge >= 0.3 is 0 Å². The number of hydrogen-bond acceptors (Lipinski definition) is 7. The third-order valence-corrected chi connectivity index (χ3v) is 4.47. The quantitative estimate of drug-likeness (QED) is 0.615. The number of carbonyl (C=O) groups is 1. The number of benzene rings is 2. The third-order valence-electron chi connectivity index (χ3n) is 3.58. The molecule has 7 nitrogen and oxygen atoms in total. The zero-order valence-corrected chi connectivity index (χ0v) is 15.8. The van der Waals surface area contributed by atoms with Crippen LogP contribution in [0, 0.1) is 11.3 Å². The molecule has 0 aliphatic rings. The Morgan fingerprint density at radius 2 is 2.04 bits per heavy atom. The lowest BCUT2D eigenvalue weighted by Gasteiger charge is -2.08. The van der Waals surface area contributed by atoms with Crippen molar-refractivity contribution in [2.75, 3.05) is 19.0 Å². The van der Waals surface area contributed by atoms with E-state index in [-0.39, 0.29) is 12.5 Å². The van der Waals surface area contributed by atoms with Crippen molar-refractivity contribution in [1.29, 1.82) is 5.26 Å². The van der Waals surface area contributed by atoms with Crippen LogP contribution in [0.4, 0.5) is 5.13 Å². The molecule has 0 spiro atoms. The van der Waals surface area contributed by atoms with E-state index in [4.69, 9.17) is 14.7 Å². The summed E-state index contributed by atoms with van der Waals surface area (Å²) in [6, 6.07) is 16.7. The summed E-state index contributed by atoms with van der Waals surface area (Å²) < 4.78 is 10.5. The minimum Gasteiger partial charge on any atom is -0.493 e. The highest BCUT2D eigenvalue weighted by molar-refractivity contribution is 7.18. The van der Waals surface area contributed by atoms with Crippen LogP contribution in [0.3, 0.4) is 0 Å². The maximum absolute atomic E-state index is 12.1. The maximum Gasteiger partial charge on any atom is 0.250 e. The van der Waals surface area contributed by atoms with Crippen LogP contribution in [0.25, 0.3) is 16.6 Å². The van der Waals surface area contributed by atoms with Gasteiger partial charge in [0.05, 0.1) is 7.11 Å². The van der Waals surface area contributed by atoms with Crippen molar-refractivity contribution in [3.63, 3.8) is 0 Å². The number of anilines is 1. The third kappa shape index (κ3) is 4.93. The number of hydrogen-bond donors (Lipinski definition) is 1. The van der Waals surface area contributed by atoms with Gasteiger partial charge in [-0.1, -0.05) is 47.7 Å². The average Bonchev–Trinajstić information content (AvgIpc) is 3.20. The topological polar surface area (TPSA) is 97.1 Å². The summed E-state index contributed by atoms with van der Waals surface area (Å²) in [5.41, 5.74) is 1.69. The summed E-state index contributed by atoms with van der Waals surface area (Å²) in [5, 5.41) is 20.5. The number of nitrogens with one attached hydrogen (secondary N) is 1. The van der Waals surface area contributed by atoms with E-state index in [0.29, 0.717) is 16.6 Å². The van der Waals surface area contributed by atoms with Crippen molar-refractivity contribution in [3.05, 3.63) is 60.2 Å². The number of amides is 1. The van der Waals surface area contributed by atoms with Crippen LogP contribution in [0.15, 0.2) is 54.6 Å². The molecule has 1 heterocycles. The van der Waals surface area contributed by atoms with E-state index in [1.165, 1.54) is 24.5 Å². The molecule has 0 aliphatic carbocycles. The normalized spacial score (nSPS) is 10.4. The number of ether oxygens (including phenoxy) is 2. The van der Waals surface area contributed by atoms with Crippen LogP contribution in [-0.2, 0) is 4.79 Å². The summed E-state index contributed by atoms with van der Waals surface area (Å²) in [6.45, 7) is -0.0687. The Bertz CT molecular complexity index is 1030. The molecular formula is C20H16N4O3S. The fourth-order valence-electron chi connectivity index (χ4n) is 2.31. The molecule has 0 atom stereocenters. The fourth-order valence-corrected chi connectivity index (χ4v) is 3.06. The summed E-state index contributed by atoms with van der Waals surface area (Å²) >= 11 is 1.30. The van der Waals surface area contributed by atoms with Gasteiger partial charge in [0.1, 0.15) is 11.1 Å². The molecule has 3 rings (SSSR count). The molecule has 0 saturated carbocycles. The van der Waals surface area contributed by atoms with Gasteiger partial charge < -0.3 is 9.47 Å². The Labute approximate surface area is 165 Å². The summed E-state index contributed by atoms with van der Waals surface area (Å²) in [7, 11) is 1.51. The van der Waals surface area contributed by atoms with Crippen LogP contribution in [0.1, 0.15) is 5.56 Å². The average molecular weight is 392 g/mol. The van der Waals surface area contributed by atoms with Crippen molar-refractivity contribution >= 4 is 28.5 Å². The molecule has 0 bridgehead atoms. The first kappa shape index (κ1) is 19.1. The molecule has 1 N–H and O–H groups in total. The zero-order valence-electron chi connectivity index (χ0n) is 15.0. The van der Waals surface area contributed by atoms with Crippen LogP contribution in [0.2, 0.25) is 0 Å². The van der Waals surface area contributed by atoms with Crippen molar-refractivity contribution in [1.82, 2.24) is 10.2 Å². The molecule has 0 fully saturated rings. The number of rotatable bonds is 7. The lowest BCUT2D eigenvalue weighted by atomic mass is 10.2. The molecular weight excluding hydrogens is 376 g/mol. The Balaban J connectivity index is 1.64. The molecule has 1 aromatic heterocycles. The first-order valence-corrected chi connectivity index (χ1v) is 9.07. The monoisotopic (exact) mass is 392 g/mol. The van der Waals surface area contributed by atoms with E-state index in [2.05, 4.69) is 15.5 Å². The summed E-state index contributed by atoms with van der Waals surface area (Å²) in [5.74, 6) is 0.627. The smallest absolute Gasteiger partial charge is 0.250 e. The second-order valence-corrected chi connectivity index (χ2v) is 6.44. The van der Waals surface area contributed by atoms with Gasteiger partial charge in [-0.05, 0) is 23.8 Å². The van der Waals surface area contributed by atoms with Gasteiger partial charge in [0.25, 0.3) is 0 Å². The predicted octanol–water partition coefficient (Wildman–Crippen LogP) is 3.77. The highest BCUT2D eigenvalue weighted by Crippen LogP contribution is 2.29. The summed E-state index contributed by atoms with van der Waals surface area (Å²) in [6.07, 6.45) is 3.04. The maximum atomic E-state index is 12.1. The Morgan fingerprint density at radius 3 is 2.79 bits per heavy atom. The van der Waals surface area contributed by atoms with E-state index in [0.717, 1.165) is 16.1 Å². The van der Waals surface area contributed by atoms with Crippen molar-refractivity contribution < 1.29 is 14.3 Å². The van der Waals surface area contributed by atoms with Gasteiger partial charge in [-0.2, -0.15) is 5.26 Å². The van der Waals surface area contributed by atoms with E-state index in [1.54, 1.807) is 24.3 Å². The molecule has 0 unspecified atom stereocenters. The molecule has 3 aromatic rings. The van der Waals surface area contributed by atoms with Crippen molar-refractivity contribution in [2.45, 2.75) is 0 Å². The van der Waals surface area contributed by atoms with Gasteiger partial charge in [-0.15, -0.1) is 10.2 Å². The van der Waals surface area contributed by atoms with Gasteiger partial charge in [0.2, 0.25) is 11.0 Å². The fraction of sp³-hybridized carbons (Fsp3) is 0.100. The number of carbonyl (C=O) groups excluding carboxylic acids is 1. The minimum absolute atomic E-state index is 0.0687. The Morgan fingerprint density at radius 1 is 1.21 bits per heavy atom. The van der Waals surface area contributed by atoms with Crippen molar-refractivity contribution in [3.8, 4) is 28.1 Å². The number of aromatic nitrogens is 2. The number of nitriles is 1. The largest absolute Gasteiger partial charge is 0.493 e. The number of methoxy groups -OCH3 is 1. The molecule has 0 saturated heterocycles. The first-order valence-electron chi connectivity index (χ1n) is 8.25. The Kier molecular flexibility index (Phi) is 6.33. The van der Waals surface area contributed by atoms with E-state index in [1.807, 2.05) is 36.4 Å². The van der Waals surface area contributed by atoms with Crippen LogP contribution in [0.5, 0.6) is 11.5 Å². The summed E-state index contributed by atoms with van der Waals surface area (Å²) in [4.78, 5) is 12.1. The second kappa shape index (κ2) is 9.30. The number of nitrogens with zero attached hydrogens (tertiary/aromatic N) is 3. The van der Waals surface area contributed by atoms with E-state index < -0.39 is 0 Å². The van der Waals surface area contributed by atoms with E-state index in [9.17, 15) is 4.79 Å². The van der Waals surface area contributed by atoms with Gasteiger partial charge in [0.15, 0.2) is 18.1 Å². The van der Waals surface area contributed by atoms with Crippen LogP contribution >= 0.6 is 11.3 Å². The molecule has 0 radical (unpaired) electrons. The lowest BCUT2D eigenvalue weighted by molar-refractivity contribution is -0.111. The van der Waals surface area contributed by atoms with Gasteiger partial charge in [0, 0.05) is 11.6 Å². The van der Waals surface area contributed by atoms with Crippen LogP contribution < -0.4 is 14.8 Å². The molecule has 0 aliphatic heterocycles. The van der Waals surface area contributed by atoms with Crippen molar-refractivity contribution in [2.24, 2.45) is 0 Å². The highest BCUT2D eigenvalue weighted by Gasteiger charge is 2.08. The second-order valence-electron chi connectivity index (χ2n) is 5.46. The zero-order chi connectivity index (χ0) is 19.8. The first-order chi connectivity index (χ1) is 13.7. The molecule has 2 aromatic carbocycles. The van der Waals surface area contributed by atoms with E-state index >= 15 is 0 Å². The molecule has 140 valence electrons. The van der Waals surface area contributed by atoms with Gasteiger partial charge in [-0.3, -0.25) is 10.1 Å². The van der Waals surface area contributed by atoms with Gasteiger partial charge in [-0.25, -0.2) is 0 Å². The predicted molar refractivity (Wildman–Crippen MR) is 107 cm³/mol.